The quantitative estimate of drug-likeness (QED) is 0.522. The molecule has 3 aromatic rings. The number of thiazole rings is 1. The smallest absolute Gasteiger partial charge is 0.407 e. The van der Waals surface area contributed by atoms with E-state index in [4.69, 9.17) is 16.3 Å². The number of alkyl carbamates (subject to hydrolysis) is 1. The molecule has 1 unspecified atom stereocenters. The number of hydrogen-bond acceptors (Lipinski definition) is 7. The second-order valence-corrected chi connectivity index (χ2v) is 9.59. The summed E-state index contributed by atoms with van der Waals surface area (Å²) in [6.07, 6.45) is -0.0837. The number of aromatic nitrogens is 1. The van der Waals surface area contributed by atoms with Crippen LogP contribution in [-0.2, 0) is 34.0 Å². The minimum atomic E-state index is -0.660. The van der Waals surface area contributed by atoms with Crippen molar-refractivity contribution in [3.05, 3.63) is 63.1 Å². The van der Waals surface area contributed by atoms with Crippen LogP contribution >= 0.6 is 22.9 Å². The van der Waals surface area contributed by atoms with Crippen LogP contribution in [0.4, 0.5) is 4.79 Å². The van der Waals surface area contributed by atoms with Gasteiger partial charge in [-0.15, -0.1) is 11.3 Å². The summed E-state index contributed by atoms with van der Waals surface area (Å²) in [6, 6.07) is 10.1. The molecule has 5 rings (SSSR count). The zero-order chi connectivity index (χ0) is 23.8. The van der Waals surface area contributed by atoms with Crippen molar-refractivity contribution < 1.29 is 23.9 Å². The van der Waals surface area contributed by atoms with Crippen LogP contribution < -0.4 is 10.6 Å². The Morgan fingerprint density at radius 3 is 2.91 bits per heavy atom. The molecule has 1 fully saturated rings. The van der Waals surface area contributed by atoms with E-state index in [1.165, 1.54) is 16.2 Å². The maximum absolute atomic E-state index is 12.9. The molecular formula is C23H19ClN4O5S. The van der Waals surface area contributed by atoms with Gasteiger partial charge in [-0.1, -0.05) is 23.7 Å². The Labute approximate surface area is 203 Å². The lowest BCUT2D eigenvalue weighted by Gasteiger charge is -2.29. The van der Waals surface area contributed by atoms with Gasteiger partial charge in [0.15, 0.2) is 0 Å². The Hall–Kier alpha value is -3.50. The fraction of sp³-hybridized carbons (Fsp3) is 0.261. The zero-order valence-corrected chi connectivity index (χ0v) is 19.4. The van der Waals surface area contributed by atoms with Crippen molar-refractivity contribution in [2.24, 2.45) is 0 Å². The molecule has 11 heteroatoms. The van der Waals surface area contributed by atoms with E-state index in [-0.39, 0.29) is 31.4 Å². The molecule has 34 heavy (non-hydrogen) atoms. The summed E-state index contributed by atoms with van der Waals surface area (Å²) < 4.78 is 6.18. The third-order valence-electron chi connectivity index (χ3n) is 5.75. The van der Waals surface area contributed by atoms with E-state index in [9.17, 15) is 19.2 Å². The summed E-state index contributed by atoms with van der Waals surface area (Å²) in [6.45, 7) is 0.517. The normalized spacial score (nSPS) is 17.6. The van der Waals surface area contributed by atoms with Gasteiger partial charge in [-0.05, 0) is 41.8 Å². The number of nitrogens with one attached hydrogen (secondary N) is 2. The summed E-state index contributed by atoms with van der Waals surface area (Å²) in [7, 11) is 0. The molecular weight excluding hydrogens is 480 g/mol. The minimum Gasteiger partial charge on any atom is -0.442 e. The number of nitrogens with zero attached hydrogens (tertiary/aromatic N) is 2. The van der Waals surface area contributed by atoms with Crippen molar-refractivity contribution >= 4 is 57.0 Å². The highest BCUT2D eigenvalue weighted by Gasteiger charge is 2.39. The fourth-order valence-electron chi connectivity index (χ4n) is 4.07. The highest BCUT2D eigenvalue weighted by Crippen LogP contribution is 2.28. The number of amides is 4. The third kappa shape index (κ3) is 4.46. The molecule has 1 atom stereocenters. The Bertz CT molecular complexity index is 1340. The number of fused-ring (bicyclic) bond motifs is 2. The number of imide groups is 1. The number of carbonyl (C=O) groups excluding carboxylic acids is 4. The molecule has 3 heterocycles. The first-order chi connectivity index (χ1) is 16.4. The van der Waals surface area contributed by atoms with E-state index in [1.54, 1.807) is 12.1 Å². The standard InChI is InChI=1S/C23H19ClN4O5S/c24-14-3-4-16-18(8-14)34-20(26-16)11-33-23(32)25-9-12-1-2-13-10-28(22(31)15(13)7-12)17-5-6-19(29)27-21(17)30/h1-4,7-8,17H,5-6,9-11H2,(H,25,32)(H,27,29,30). The molecule has 1 saturated heterocycles. The van der Waals surface area contributed by atoms with Gasteiger partial charge in [-0.3, -0.25) is 19.7 Å². The van der Waals surface area contributed by atoms with Gasteiger partial charge in [0.1, 0.15) is 17.7 Å². The van der Waals surface area contributed by atoms with Gasteiger partial charge in [-0.2, -0.15) is 0 Å². The molecule has 2 aliphatic heterocycles. The van der Waals surface area contributed by atoms with Crippen molar-refractivity contribution in [3.8, 4) is 0 Å². The van der Waals surface area contributed by atoms with Crippen molar-refractivity contribution in [1.29, 1.82) is 0 Å². The van der Waals surface area contributed by atoms with Crippen LogP contribution in [0, 0.1) is 0 Å². The molecule has 1 aromatic heterocycles. The second kappa shape index (κ2) is 9.03. The summed E-state index contributed by atoms with van der Waals surface area (Å²) in [5.41, 5.74) is 2.81. The average molecular weight is 499 g/mol. The average Bonchev–Trinajstić information content (AvgIpc) is 3.36. The molecule has 0 saturated carbocycles. The highest BCUT2D eigenvalue weighted by molar-refractivity contribution is 7.18. The summed E-state index contributed by atoms with van der Waals surface area (Å²) in [5.74, 6) is -1.03. The largest absolute Gasteiger partial charge is 0.442 e. The lowest BCUT2D eigenvalue weighted by molar-refractivity contribution is -0.136. The Morgan fingerprint density at radius 1 is 1.24 bits per heavy atom. The van der Waals surface area contributed by atoms with E-state index in [0.717, 1.165) is 21.3 Å². The summed E-state index contributed by atoms with van der Waals surface area (Å²) in [4.78, 5) is 54.5. The van der Waals surface area contributed by atoms with Gasteiger partial charge < -0.3 is 15.0 Å². The van der Waals surface area contributed by atoms with Crippen molar-refractivity contribution in [1.82, 2.24) is 20.5 Å². The first-order valence-corrected chi connectivity index (χ1v) is 11.8. The summed E-state index contributed by atoms with van der Waals surface area (Å²) >= 11 is 7.39. The molecule has 0 bridgehead atoms. The predicted molar refractivity (Wildman–Crippen MR) is 124 cm³/mol. The molecule has 4 amide bonds. The third-order valence-corrected chi connectivity index (χ3v) is 6.98. The van der Waals surface area contributed by atoms with E-state index in [1.807, 2.05) is 24.3 Å². The number of hydrogen-bond donors (Lipinski definition) is 2. The van der Waals surface area contributed by atoms with Crippen molar-refractivity contribution in [3.63, 3.8) is 0 Å². The maximum atomic E-state index is 12.9. The Morgan fingerprint density at radius 2 is 2.09 bits per heavy atom. The lowest BCUT2D eigenvalue weighted by atomic mass is 10.0. The zero-order valence-electron chi connectivity index (χ0n) is 17.8. The second-order valence-electron chi connectivity index (χ2n) is 8.04. The van der Waals surface area contributed by atoms with E-state index in [0.29, 0.717) is 28.6 Å². The fourth-order valence-corrected chi connectivity index (χ4v) is 5.23. The van der Waals surface area contributed by atoms with Crippen molar-refractivity contribution in [2.45, 2.75) is 38.6 Å². The first-order valence-electron chi connectivity index (χ1n) is 10.6. The summed E-state index contributed by atoms with van der Waals surface area (Å²) in [5, 5.41) is 6.24. The van der Waals surface area contributed by atoms with Crippen LogP contribution in [0.25, 0.3) is 10.2 Å². The van der Waals surface area contributed by atoms with Crippen LogP contribution in [0.2, 0.25) is 5.02 Å². The first kappa shape index (κ1) is 22.3. The van der Waals surface area contributed by atoms with Crippen LogP contribution in [0.1, 0.15) is 39.3 Å². The number of ether oxygens (including phenoxy) is 1. The number of benzene rings is 2. The molecule has 0 aliphatic carbocycles. The molecule has 0 spiro atoms. The predicted octanol–water partition coefficient (Wildman–Crippen LogP) is 3.14. The van der Waals surface area contributed by atoms with Gasteiger partial charge in [0.05, 0.1) is 10.2 Å². The van der Waals surface area contributed by atoms with E-state index < -0.39 is 18.0 Å². The topological polar surface area (TPSA) is 118 Å². The van der Waals surface area contributed by atoms with Crippen LogP contribution in [0.5, 0.6) is 0 Å². The van der Waals surface area contributed by atoms with Crippen molar-refractivity contribution in [2.75, 3.05) is 0 Å². The van der Waals surface area contributed by atoms with Gasteiger partial charge >= 0.3 is 6.09 Å². The minimum absolute atomic E-state index is 0.0341. The lowest BCUT2D eigenvalue weighted by Crippen LogP contribution is -2.52. The van der Waals surface area contributed by atoms with Crippen LogP contribution in [0.15, 0.2) is 36.4 Å². The monoisotopic (exact) mass is 498 g/mol. The van der Waals surface area contributed by atoms with Gasteiger partial charge in [0, 0.05) is 30.1 Å². The van der Waals surface area contributed by atoms with Crippen LogP contribution in [0.3, 0.4) is 0 Å². The van der Waals surface area contributed by atoms with Gasteiger partial charge in [0.2, 0.25) is 11.8 Å². The molecule has 174 valence electrons. The number of piperidine rings is 1. The highest BCUT2D eigenvalue weighted by atomic mass is 35.5. The van der Waals surface area contributed by atoms with Gasteiger partial charge in [-0.25, -0.2) is 9.78 Å². The molecule has 2 aromatic carbocycles. The van der Waals surface area contributed by atoms with E-state index in [2.05, 4.69) is 15.6 Å². The molecule has 2 N–H and O–H groups in total. The number of carbonyl (C=O) groups is 4. The molecule has 2 aliphatic rings. The number of halogens is 1. The molecule has 9 nitrogen and oxygen atoms in total. The van der Waals surface area contributed by atoms with Crippen LogP contribution in [-0.4, -0.2) is 39.7 Å². The Kier molecular flexibility index (Phi) is 5.93. The maximum Gasteiger partial charge on any atom is 0.407 e. The molecule has 0 radical (unpaired) electrons. The number of rotatable bonds is 5. The van der Waals surface area contributed by atoms with E-state index >= 15 is 0 Å². The Balaban J connectivity index is 1.17. The SMILES string of the molecule is O=C1CCC(N2Cc3ccc(CNC(=O)OCc4nc5ccc(Cl)cc5s4)cc3C2=O)C(=O)N1. The van der Waals surface area contributed by atoms with Gasteiger partial charge in [0.25, 0.3) is 5.91 Å².